The smallest absolute Gasteiger partial charge is 0.264 e. The minimum Gasteiger partial charge on any atom is -0.488 e. The van der Waals surface area contributed by atoms with Crippen molar-refractivity contribution in [2.75, 3.05) is 91.5 Å². The molecule has 1 saturated carbocycles. The Balaban J connectivity index is 0.000000155. The number of nitrogens with zero attached hydrogens (tertiary/aromatic N) is 10. The van der Waals surface area contributed by atoms with E-state index in [-0.39, 0.29) is 42.6 Å². The van der Waals surface area contributed by atoms with Gasteiger partial charge in [-0.25, -0.2) is 24.3 Å². The summed E-state index contributed by atoms with van der Waals surface area (Å²) in [6.07, 6.45) is 27.3. The maximum Gasteiger partial charge on any atom is 0.264 e. The van der Waals surface area contributed by atoms with Gasteiger partial charge in [-0.1, -0.05) is 76.7 Å². The minimum absolute atomic E-state index is 0.0212. The summed E-state index contributed by atoms with van der Waals surface area (Å²) < 4.78 is 79.0. The fourth-order valence-corrected chi connectivity index (χ4v) is 17.1. The van der Waals surface area contributed by atoms with Crippen LogP contribution in [-0.4, -0.2) is 203 Å². The molecule has 0 radical (unpaired) electrons. The summed E-state index contributed by atoms with van der Waals surface area (Å²) in [5, 5.41) is 17.6. The lowest BCUT2D eigenvalue weighted by Gasteiger charge is -2.33. The number of hydrogen-bond acceptors (Lipinski definition) is 22. The molecule has 2 saturated heterocycles. The first-order chi connectivity index (χ1) is 57.7. The number of aromatic nitrogens is 7. The molecule has 0 spiro atoms. The molecule has 1 aliphatic carbocycles. The predicted molar refractivity (Wildman–Crippen MR) is 470 cm³/mol. The minimum atomic E-state index is -3.51. The number of carbonyl (C=O) groups excluding carboxylic acids is 3. The molecule has 27 nitrogen and oxygen atoms in total. The van der Waals surface area contributed by atoms with Gasteiger partial charge in [-0.2, -0.15) is 18.6 Å². The molecule has 644 valence electrons. The van der Waals surface area contributed by atoms with Crippen LogP contribution in [-0.2, 0) is 70.9 Å². The van der Waals surface area contributed by atoms with E-state index in [1.165, 1.54) is 48.8 Å². The van der Waals surface area contributed by atoms with E-state index in [1.54, 1.807) is 51.5 Å². The van der Waals surface area contributed by atoms with Crippen LogP contribution >= 0.6 is 0 Å². The van der Waals surface area contributed by atoms with Crippen LogP contribution in [0.2, 0.25) is 51.4 Å². The lowest BCUT2D eigenvalue weighted by molar-refractivity contribution is -0.120. The zero-order chi connectivity index (χ0) is 84.6. The number of amides is 3. The number of benzene rings is 3. The summed E-state index contributed by atoms with van der Waals surface area (Å²) in [7, 11) is -5.76. The molecular weight excluding hydrogens is 1580 g/mol. The monoisotopic (exact) mass is 1700 g/mol. The first kappa shape index (κ1) is 89.6. The van der Waals surface area contributed by atoms with Crippen molar-refractivity contribution >= 4 is 55.8 Å². The number of pyridine rings is 3. The second-order valence-corrected chi connectivity index (χ2v) is 47.6. The van der Waals surface area contributed by atoms with E-state index in [4.69, 9.17) is 42.1 Å². The molecule has 15 rings (SSSR count). The molecule has 3 atom stereocenters. The largest absolute Gasteiger partial charge is 0.488 e. The third-order valence-electron chi connectivity index (χ3n) is 22.1. The Morgan fingerprint density at radius 2 is 0.883 bits per heavy atom. The number of piperidine rings is 2. The van der Waals surface area contributed by atoms with Crippen LogP contribution in [0.4, 0.5) is 0 Å². The van der Waals surface area contributed by atoms with Gasteiger partial charge >= 0.3 is 0 Å². The van der Waals surface area contributed by atoms with E-state index in [0.29, 0.717) is 73.2 Å². The van der Waals surface area contributed by atoms with Gasteiger partial charge < -0.3 is 53.8 Å². The number of rotatable bonds is 32. The molecule has 11 heterocycles. The Morgan fingerprint density at radius 3 is 1.25 bits per heavy atom. The van der Waals surface area contributed by atoms with E-state index >= 15 is 0 Å². The number of hydrogen-bond donors (Lipinski definition) is 3. The summed E-state index contributed by atoms with van der Waals surface area (Å²) in [5.74, 6) is 8.14. The second kappa shape index (κ2) is 43.2. The van der Waals surface area contributed by atoms with Crippen LogP contribution < -0.4 is 44.4 Å². The zero-order valence-corrected chi connectivity index (χ0v) is 74.2. The van der Waals surface area contributed by atoms with Gasteiger partial charge in [0.05, 0.1) is 24.2 Å². The molecule has 3 fully saturated rings. The standard InChI is InChI=1S/C31H43N5O4Si.C26H30N4O3.C24H31N3O6SSi.C9H17NO/c1-23(37)32-19-24-10-13-35(14-11-24)21-28-17-25-5-7-27(18-30(25)39-28)40-31-8-6-26(20-33-31)29-9-12-34-36(29)22-38-15-16-41(2,3)4;1-18(31)28-14-19-7-10-30(11-8-19)17-24-12-20-2-4-23(13-25(20)32-24)33-26-5-3-21(16-29-26)22-6-9-27-15-22;1-34(28,29)31-16-21-13-18-5-7-20(14-23(18)32-21)33-24-8-6-19(15-25-24)22-9-10-26-27(22)17-30-11-12-35(2,3)4;1-8(11)10-7-9-5-3-2-4-6-9/h5-9,12,18,20,24,28H,10-11,13-17,19,21-22H2,1-4H3,(H,32,37);2-6,9,13,16,19,24H,7-8,10-12,14-15,17H2,1H3,(H,28,31);5-10,14-15,21H,11-13,16-17H2,1-4H3;9H,2-7H2,1H3,(H,10,11). The molecule has 30 heteroatoms. The molecule has 3 aromatic carbocycles. The molecule has 5 aromatic heterocycles. The Hall–Kier alpha value is -9.67. The molecule has 3 unspecified atom stereocenters. The molecule has 8 aromatic rings. The van der Waals surface area contributed by atoms with E-state index in [0.717, 1.165) is 186 Å². The molecule has 0 bridgehead atoms. The van der Waals surface area contributed by atoms with Gasteiger partial charge in [-0.05, 0) is 177 Å². The summed E-state index contributed by atoms with van der Waals surface area (Å²) in [6.45, 7) is 30.3. The molecule has 3 N–H and O–H groups in total. The van der Waals surface area contributed by atoms with Crippen LogP contribution in [0.3, 0.4) is 0 Å². The van der Waals surface area contributed by atoms with E-state index in [2.05, 4.69) is 107 Å². The summed E-state index contributed by atoms with van der Waals surface area (Å²) >= 11 is 0. The summed E-state index contributed by atoms with van der Waals surface area (Å²) in [6, 6.07) is 35.3. The van der Waals surface area contributed by atoms with Crippen molar-refractivity contribution in [3.05, 3.63) is 162 Å². The van der Waals surface area contributed by atoms with Crippen LogP contribution in [0.5, 0.6) is 52.1 Å². The summed E-state index contributed by atoms with van der Waals surface area (Å²) in [5.41, 5.74) is 9.41. The van der Waals surface area contributed by atoms with Gasteiger partial charge in [0, 0.05) is 187 Å². The lowest BCUT2D eigenvalue weighted by Crippen LogP contribution is -2.42. The number of ether oxygens (including phenoxy) is 8. The van der Waals surface area contributed by atoms with Crippen molar-refractivity contribution in [1.82, 2.24) is 60.3 Å². The topological polar surface area (TPSA) is 298 Å². The lowest BCUT2D eigenvalue weighted by atomic mass is 9.89. The van der Waals surface area contributed by atoms with Gasteiger partial charge in [0.15, 0.2) is 0 Å². The number of likely N-dealkylation sites (tertiary alicyclic amines) is 2. The fourth-order valence-electron chi connectivity index (χ4n) is 15.2. The maximum absolute atomic E-state index is 11.2. The van der Waals surface area contributed by atoms with Crippen molar-refractivity contribution < 1.29 is 64.9 Å². The van der Waals surface area contributed by atoms with Crippen molar-refractivity contribution in [3.63, 3.8) is 0 Å². The van der Waals surface area contributed by atoms with E-state index in [1.807, 2.05) is 113 Å². The Kier molecular flexibility index (Phi) is 32.3. The first-order valence-electron chi connectivity index (χ1n) is 42.4. The Morgan fingerprint density at radius 1 is 0.492 bits per heavy atom. The highest BCUT2D eigenvalue weighted by Crippen LogP contribution is 2.39. The van der Waals surface area contributed by atoms with Crippen LogP contribution in [0.25, 0.3) is 28.1 Å². The third-order valence-corrected chi connectivity index (χ3v) is 26.1. The van der Waals surface area contributed by atoms with Crippen molar-refractivity contribution in [2.45, 2.75) is 181 Å². The number of allylic oxidation sites excluding steroid dienone is 1. The van der Waals surface area contributed by atoms with Gasteiger partial charge in [-0.15, -0.1) is 0 Å². The predicted octanol–water partition coefficient (Wildman–Crippen LogP) is 14.7. The molecular formula is C90H121N13O14SSi2. The number of nitrogens with one attached hydrogen (secondary N) is 3. The van der Waals surface area contributed by atoms with Crippen molar-refractivity contribution in [3.8, 4) is 74.7 Å². The highest BCUT2D eigenvalue weighted by atomic mass is 32.2. The quantitative estimate of drug-likeness (QED) is 0.0200. The van der Waals surface area contributed by atoms with Gasteiger partial charge in [0.25, 0.3) is 10.1 Å². The maximum atomic E-state index is 11.2. The number of carbonyl (C=O) groups is 3. The highest BCUT2D eigenvalue weighted by molar-refractivity contribution is 7.86. The second-order valence-electron chi connectivity index (χ2n) is 34.7. The molecule has 6 aliphatic heterocycles. The SMILES string of the molecule is CC(=O)NCC1CCCCC1.CC(=O)NCC1CCN(CC2Cc3ccc(Oc4ccc(-c5ccnn5COCC[Si](C)(C)C)cn4)cc3O2)CC1.CC(=O)NCC1CCN(CC2Cc3ccc(Oc4ccc(C5=CC=NC5)cn4)cc3O2)CC1.C[Si](C)(C)CCOCn1nccc1-c1ccc(Oc2ccc3c(c2)OC(COS(C)(=O)=O)C3)nc1. The summed E-state index contributed by atoms with van der Waals surface area (Å²) in [4.78, 5) is 55.5. The fraction of sp³-hybridized carbons (Fsp3) is 0.500. The average molecular weight is 1700 g/mol. The van der Waals surface area contributed by atoms with Gasteiger partial charge in [0.2, 0.25) is 35.4 Å². The highest BCUT2D eigenvalue weighted by Gasteiger charge is 2.32. The van der Waals surface area contributed by atoms with Gasteiger partial charge in [0.1, 0.15) is 72.9 Å². The first-order valence-corrected chi connectivity index (χ1v) is 51.6. The van der Waals surface area contributed by atoms with Crippen LogP contribution in [0.15, 0.2) is 145 Å². The van der Waals surface area contributed by atoms with Gasteiger partial charge in [-0.3, -0.25) is 33.4 Å². The molecule has 3 amide bonds. The number of aliphatic imine (C=N–C) groups is 1. The van der Waals surface area contributed by atoms with Crippen LogP contribution in [0.1, 0.15) is 101 Å². The Labute approximate surface area is 709 Å². The van der Waals surface area contributed by atoms with E-state index in [9.17, 15) is 22.8 Å². The zero-order valence-electron chi connectivity index (χ0n) is 71.4. The van der Waals surface area contributed by atoms with Crippen molar-refractivity contribution in [2.24, 2.45) is 22.7 Å². The molecule has 7 aliphatic rings. The van der Waals surface area contributed by atoms with E-state index < -0.39 is 26.3 Å². The van der Waals surface area contributed by atoms with Crippen LogP contribution in [0, 0.1) is 17.8 Å². The molecule has 120 heavy (non-hydrogen) atoms. The number of fused-ring (bicyclic) bond motifs is 3. The average Bonchev–Trinajstić information content (AvgIpc) is 1.70. The van der Waals surface area contributed by atoms with Crippen molar-refractivity contribution in [1.29, 1.82) is 0 Å². The Bertz CT molecular complexity index is 4820. The third kappa shape index (κ3) is 29.0. The normalized spacial score (nSPS) is 18.0.